The first-order valence-electron chi connectivity index (χ1n) is 8.39. The fourth-order valence-electron chi connectivity index (χ4n) is 3.33. The topological polar surface area (TPSA) is 49.4 Å². The molecule has 0 unspecified atom stereocenters. The third kappa shape index (κ3) is 3.87. The van der Waals surface area contributed by atoms with Crippen LogP contribution in [0.3, 0.4) is 0 Å². The Morgan fingerprint density at radius 2 is 1.84 bits per heavy atom. The molecule has 0 aromatic heterocycles. The number of hydrogen-bond acceptors (Lipinski definition) is 2. The molecule has 2 aromatic carbocycles. The van der Waals surface area contributed by atoms with Crippen LogP contribution in [-0.2, 0) is 16.0 Å². The predicted octanol–water partition coefficient (Wildman–Crippen LogP) is 2.70. The van der Waals surface area contributed by atoms with Crippen molar-refractivity contribution in [2.45, 2.75) is 18.9 Å². The summed E-state index contributed by atoms with van der Waals surface area (Å²) in [4.78, 5) is 26.3. The van der Waals surface area contributed by atoms with Gasteiger partial charge in [-0.05, 0) is 29.7 Å². The van der Waals surface area contributed by atoms with E-state index in [9.17, 15) is 14.0 Å². The number of nitrogens with zero attached hydrogens (tertiary/aromatic N) is 1. The Hall–Kier alpha value is -2.69. The lowest BCUT2D eigenvalue weighted by Gasteiger charge is -2.25. The van der Waals surface area contributed by atoms with Crippen LogP contribution in [0.25, 0.3) is 0 Å². The molecule has 130 valence electrons. The second-order valence-corrected chi connectivity index (χ2v) is 6.34. The Bertz CT molecular complexity index is 746. The fraction of sp³-hybridized carbons (Fsp3) is 0.300. The van der Waals surface area contributed by atoms with Gasteiger partial charge in [0.25, 0.3) is 0 Å². The lowest BCUT2D eigenvalue weighted by atomic mass is 9.93. The molecule has 1 fully saturated rings. The normalized spacial score (nSPS) is 19.9. The van der Waals surface area contributed by atoms with Crippen LogP contribution >= 0.6 is 0 Å². The zero-order valence-electron chi connectivity index (χ0n) is 14.1. The summed E-state index contributed by atoms with van der Waals surface area (Å²) in [5.41, 5.74) is 1.93. The minimum Gasteiger partial charge on any atom is -0.355 e. The van der Waals surface area contributed by atoms with Crippen molar-refractivity contribution >= 4 is 11.8 Å². The maximum absolute atomic E-state index is 13.2. The van der Waals surface area contributed by atoms with E-state index in [0.29, 0.717) is 6.54 Å². The molecule has 0 saturated carbocycles. The summed E-state index contributed by atoms with van der Waals surface area (Å²) in [6, 6.07) is 15.5. The first kappa shape index (κ1) is 17.1. The van der Waals surface area contributed by atoms with Crippen molar-refractivity contribution in [1.29, 1.82) is 0 Å². The molecule has 1 aliphatic rings. The summed E-state index contributed by atoms with van der Waals surface area (Å²) in [6.07, 6.45) is 0.917. The molecule has 25 heavy (non-hydrogen) atoms. The van der Waals surface area contributed by atoms with Gasteiger partial charge in [0.15, 0.2) is 0 Å². The largest absolute Gasteiger partial charge is 0.355 e. The average Bonchev–Trinajstić information content (AvgIpc) is 2.92. The molecular weight excluding hydrogens is 319 g/mol. The Balaban J connectivity index is 1.67. The molecule has 0 aliphatic carbocycles. The van der Waals surface area contributed by atoms with Crippen molar-refractivity contribution in [1.82, 2.24) is 10.2 Å². The molecule has 3 rings (SSSR count). The van der Waals surface area contributed by atoms with E-state index in [1.165, 1.54) is 12.1 Å². The zero-order chi connectivity index (χ0) is 17.8. The van der Waals surface area contributed by atoms with Gasteiger partial charge in [0.2, 0.25) is 11.8 Å². The Morgan fingerprint density at radius 1 is 1.16 bits per heavy atom. The summed E-state index contributed by atoms with van der Waals surface area (Å²) in [5.74, 6) is -1.00. The van der Waals surface area contributed by atoms with Gasteiger partial charge in [-0.1, -0.05) is 42.5 Å². The van der Waals surface area contributed by atoms with Gasteiger partial charge in [-0.3, -0.25) is 9.59 Å². The highest BCUT2D eigenvalue weighted by molar-refractivity contribution is 5.90. The first-order valence-corrected chi connectivity index (χ1v) is 8.39. The van der Waals surface area contributed by atoms with Gasteiger partial charge in [-0.15, -0.1) is 0 Å². The highest BCUT2D eigenvalue weighted by Gasteiger charge is 2.42. The highest BCUT2D eigenvalue weighted by Crippen LogP contribution is 2.37. The van der Waals surface area contributed by atoms with Crippen molar-refractivity contribution in [2.75, 3.05) is 13.6 Å². The zero-order valence-corrected chi connectivity index (χ0v) is 14.1. The molecule has 1 heterocycles. The molecule has 2 aromatic rings. The summed E-state index contributed by atoms with van der Waals surface area (Å²) in [5, 5.41) is 2.93. The fourth-order valence-corrected chi connectivity index (χ4v) is 3.33. The maximum atomic E-state index is 13.2. The van der Waals surface area contributed by atoms with Crippen LogP contribution in [0.15, 0.2) is 54.6 Å². The maximum Gasteiger partial charge on any atom is 0.226 e. The molecule has 1 saturated heterocycles. The second-order valence-electron chi connectivity index (χ2n) is 6.34. The smallest absolute Gasteiger partial charge is 0.226 e. The summed E-state index contributed by atoms with van der Waals surface area (Å²) in [6.45, 7) is 0.521. The SMILES string of the molecule is CN1C(=O)C[C@H](C(=O)NCCc2ccccc2)[C@H]1c1ccc(F)cc1. The number of amides is 2. The molecule has 1 N–H and O–H groups in total. The molecule has 1 aliphatic heterocycles. The van der Waals surface area contributed by atoms with Crippen LogP contribution in [-0.4, -0.2) is 30.3 Å². The van der Waals surface area contributed by atoms with Gasteiger partial charge in [0.1, 0.15) is 5.82 Å². The lowest BCUT2D eigenvalue weighted by Crippen LogP contribution is -2.35. The lowest BCUT2D eigenvalue weighted by molar-refractivity contribution is -0.128. The van der Waals surface area contributed by atoms with Crippen molar-refractivity contribution in [3.63, 3.8) is 0 Å². The van der Waals surface area contributed by atoms with Crippen LogP contribution in [0, 0.1) is 11.7 Å². The minimum atomic E-state index is -0.460. The van der Waals surface area contributed by atoms with Gasteiger partial charge in [0.05, 0.1) is 12.0 Å². The van der Waals surface area contributed by atoms with E-state index in [4.69, 9.17) is 0 Å². The molecule has 2 amide bonds. The predicted molar refractivity (Wildman–Crippen MR) is 93.2 cm³/mol. The standard InChI is InChI=1S/C20H21FN2O2/c1-23-18(24)13-17(19(23)15-7-9-16(21)10-8-15)20(25)22-12-11-14-5-3-2-4-6-14/h2-10,17,19H,11-13H2,1H3,(H,22,25)/t17-,19+/m0/s1. The number of rotatable bonds is 5. The van der Waals surface area contributed by atoms with Crippen LogP contribution < -0.4 is 5.32 Å². The van der Waals surface area contributed by atoms with Crippen molar-refractivity contribution in [3.8, 4) is 0 Å². The van der Waals surface area contributed by atoms with E-state index in [0.717, 1.165) is 17.5 Å². The van der Waals surface area contributed by atoms with E-state index in [-0.39, 0.29) is 30.1 Å². The van der Waals surface area contributed by atoms with Crippen LogP contribution in [0.4, 0.5) is 4.39 Å². The van der Waals surface area contributed by atoms with Gasteiger partial charge in [-0.25, -0.2) is 4.39 Å². The van der Waals surface area contributed by atoms with Gasteiger partial charge in [-0.2, -0.15) is 0 Å². The van der Waals surface area contributed by atoms with E-state index in [1.54, 1.807) is 24.1 Å². The van der Waals surface area contributed by atoms with E-state index in [1.807, 2.05) is 30.3 Å². The molecule has 4 nitrogen and oxygen atoms in total. The summed E-state index contributed by atoms with van der Waals surface area (Å²) in [7, 11) is 1.69. The van der Waals surface area contributed by atoms with Crippen LogP contribution in [0.2, 0.25) is 0 Å². The molecule has 5 heteroatoms. The van der Waals surface area contributed by atoms with E-state index >= 15 is 0 Å². The summed E-state index contributed by atoms with van der Waals surface area (Å²) < 4.78 is 13.2. The quantitative estimate of drug-likeness (QED) is 0.910. The Labute approximate surface area is 146 Å². The Kier molecular flexibility index (Phi) is 5.12. The minimum absolute atomic E-state index is 0.0717. The third-order valence-corrected chi connectivity index (χ3v) is 4.69. The second kappa shape index (κ2) is 7.47. The van der Waals surface area contributed by atoms with E-state index < -0.39 is 5.92 Å². The molecule has 2 atom stereocenters. The summed E-state index contributed by atoms with van der Waals surface area (Å²) >= 11 is 0. The van der Waals surface area contributed by atoms with E-state index in [2.05, 4.69) is 5.32 Å². The molecule has 0 radical (unpaired) electrons. The monoisotopic (exact) mass is 340 g/mol. The number of hydrogen-bond donors (Lipinski definition) is 1. The van der Waals surface area contributed by atoms with Gasteiger partial charge < -0.3 is 10.2 Å². The molecule has 0 spiro atoms. The number of likely N-dealkylation sites (tertiary alicyclic amines) is 1. The molecular formula is C20H21FN2O2. The highest BCUT2D eigenvalue weighted by atomic mass is 19.1. The Morgan fingerprint density at radius 3 is 2.52 bits per heavy atom. The van der Waals surface area contributed by atoms with Gasteiger partial charge in [0, 0.05) is 20.0 Å². The number of carbonyl (C=O) groups is 2. The number of carbonyl (C=O) groups excluding carboxylic acids is 2. The van der Waals surface area contributed by atoms with Gasteiger partial charge >= 0.3 is 0 Å². The third-order valence-electron chi connectivity index (χ3n) is 4.69. The number of nitrogens with one attached hydrogen (secondary N) is 1. The molecule has 0 bridgehead atoms. The number of benzene rings is 2. The van der Waals surface area contributed by atoms with Crippen LogP contribution in [0.5, 0.6) is 0 Å². The van der Waals surface area contributed by atoms with Crippen molar-refractivity contribution in [2.24, 2.45) is 5.92 Å². The van der Waals surface area contributed by atoms with Crippen molar-refractivity contribution < 1.29 is 14.0 Å². The van der Waals surface area contributed by atoms with Crippen LogP contribution in [0.1, 0.15) is 23.6 Å². The number of halogens is 1. The first-order chi connectivity index (χ1) is 12.1. The average molecular weight is 340 g/mol. The van der Waals surface area contributed by atoms with Crippen molar-refractivity contribution in [3.05, 3.63) is 71.5 Å².